The molecule has 1 aromatic carbocycles. The Hall–Kier alpha value is -1.16. The molecule has 3 rings (SSSR count). The maximum absolute atomic E-state index is 12.1. The standard InChI is InChI=1S/C16H21F2NO/c1-11(19-10-16(8-9-16)13-4-5-13)12-2-6-14(7-3-12)20-15(17)18/h2-3,6-7,11,13,15,19H,4-5,8-10H2,1H3. The van der Waals surface area contributed by atoms with Gasteiger partial charge in [0.1, 0.15) is 5.75 Å². The lowest BCUT2D eigenvalue weighted by Crippen LogP contribution is -2.27. The van der Waals surface area contributed by atoms with Crippen molar-refractivity contribution in [3.8, 4) is 5.75 Å². The van der Waals surface area contributed by atoms with Crippen molar-refractivity contribution >= 4 is 0 Å². The highest BCUT2D eigenvalue weighted by Gasteiger charge is 2.53. The Kier molecular flexibility index (Phi) is 3.67. The highest BCUT2D eigenvalue weighted by Crippen LogP contribution is 2.60. The Bertz CT molecular complexity index is 452. The lowest BCUT2D eigenvalue weighted by atomic mass is 9.99. The van der Waals surface area contributed by atoms with Gasteiger partial charge in [-0.15, -0.1) is 0 Å². The summed E-state index contributed by atoms with van der Waals surface area (Å²) < 4.78 is 28.5. The van der Waals surface area contributed by atoms with Gasteiger partial charge in [-0.1, -0.05) is 12.1 Å². The van der Waals surface area contributed by atoms with Crippen molar-refractivity contribution in [3.63, 3.8) is 0 Å². The van der Waals surface area contributed by atoms with Gasteiger partial charge in [-0.2, -0.15) is 8.78 Å². The number of benzene rings is 1. The predicted molar refractivity (Wildman–Crippen MR) is 73.9 cm³/mol. The fourth-order valence-corrected chi connectivity index (χ4v) is 3.00. The van der Waals surface area contributed by atoms with E-state index in [9.17, 15) is 8.78 Å². The number of rotatable bonds is 7. The van der Waals surface area contributed by atoms with Crippen LogP contribution in [0.5, 0.6) is 5.75 Å². The normalized spacial score (nSPS) is 21.8. The zero-order chi connectivity index (χ0) is 14.2. The van der Waals surface area contributed by atoms with Gasteiger partial charge >= 0.3 is 6.61 Å². The van der Waals surface area contributed by atoms with E-state index in [0.717, 1.165) is 18.0 Å². The fraction of sp³-hybridized carbons (Fsp3) is 0.625. The summed E-state index contributed by atoms with van der Waals surface area (Å²) in [4.78, 5) is 0. The van der Waals surface area contributed by atoms with Gasteiger partial charge in [0.05, 0.1) is 0 Å². The van der Waals surface area contributed by atoms with Gasteiger partial charge in [-0.25, -0.2) is 0 Å². The minimum absolute atomic E-state index is 0.215. The summed E-state index contributed by atoms with van der Waals surface area (Å²) in [6, 6.07) is 7.16. The van der Waals surface area contributed by atoms with Gasteiger partial charge in [0.25, 0.3) is 0 Å². The first-order chi connectivity index (χ1) is 9.59. The molecule has 0 aromatic heterocycles. The second-order valence-corrected chi connectivity index (χ2v) is 6.19. The third kappa shape index (κ3) is 3.11. The summed E-state index contributed by atoms with van der Waals surface area (Å²) in [5, 5.41) is 3.59. The van der Waals surface area contributed by atoms with E-state index in [-0.39, 0.29) is 11.8 Å². The summed E-state index contributed by atoms with van der Waals surface area (Å²) in [5.74, 6) is 1.16. The van der Waals surface area contributed by atoms with Crippen molar-refractivity contribution in [3.05, 3.63) is 29.8 Å². The first kappa shape index (κ1) is 13.8. The van der Waals surface area contributed by atoms with E-state index in [4.69, 9.17) is 0 Å². The van der Waals surface area contributed by atoms with E-state index in [1.54, 1.807) is 12.1 Å². The smallest absolute Gasteiger partial charge is 0.387 e. The summed E-state index contributed by atoms with van der Waals surface area (Å²) in [6.45, 7) is 0.435. The molecular weight excluding hydrogens is 260 g/mol. The molecule has 2 fully saturated rings. The molecule has 1 unspecified atom stereocenters. The highest BCUT2D eigenvalue weighted by atomic mass is 19.3. The first-order valence-electron chi connectivity index (χ1n) is 7.37. The molecule has 0 aliphatic heterocycles. The average molecular weight is 281 g/mol. The molecule has 1 aromatic rings. The Labute approximate surface area is 118 Å². The molecule has 1 atom stereocenters. The predicted octanol–water partition coefficient (Wildman–Crippen LogP) is 4.13. The van der Waals surface area contributed by atoms with Gasteiger partial charge in [0.15, 0.2) is 0 Å². The molecule has 2 aliphatic rings. The third-order valence-electron chi connectivity index (χ3n) is 4.70. The maximum Gasteiger partial charge on any atom is 0.387 e. The molecule has 0 bridgehead atoms. The number of hydrogen-bond donors (Lipinski definition) is 1. The lowest BCUT2D eigenvalue weighted by Gasteiger charge is -2.20. The molecular formula is C16H21F2NO. The van der Waals surface area contributed by atoms with Crippen LogP contribution in [0.3, 0.4) is 0 Å². The van der Waals surface area contributed by atoms with E-state index < -0.39 is 6.61 Å². The molecule has 4 heteroatoms. The van der Waals surface area contributed by atoms with Crippen LogP contribution in [0.2, 0.25) is 0 Å². The van der Waals surface area contributed by atoms with Crippen LogP contribution in [0.15, 0.2) is 24.3 Å². The van der Waals surface area contributed by atoms with Crippen LogP contribution >= 0.6 is 0 Å². The molecule has 110 valence electrons. The molecule has 1 N–H and O–H groups in total. The van der Waals surface area contributed by atoms with Crippen molar-refractivity contribution in [2.24, 2.45) is 11.3 Å². The van der Waals surface area contributed by atoms with E-state index >= 15 is 0 Å². The van der Waals surface area contributed by atoms with Crippen LogP contribution in [0.1, 0.15) is 44.2 Å². The molecule has 2 nitrogen and oxygen atoms in total. The first-order valence-corrected chi connectivity index (χ1v) is 7.37. The topological polar surface area (TPSA) is 21.3 Å². The van der Waals surface area contributed by atoms with E-state index in [1.165, 1.54) is 25.7 Å². The van der Waals surface area contributed by atoms with Crippen molar-refractivity contribution < 1.29 is 13.5 Å². The largest absolute Gasteiger partial charge is 0.435 e. The van der Waals surface area contributed by atoms with Crippen LogP contribution in [0, 0.1) is 11.3 Å². The van der Waals surface area contributed by atoms with Crippen molar-refractivity contribution in [2.45, 2.75) is 45.3 Å². The number of hydrogen-bond acceptors (Lipinski definition) is 2. The van der Waals surface area contributed by atoms with Crippen LogP contribution in [-0.4, -0.2) is 13.2 Å². The van der Waals surface area contributed by atoms with Gasteiger partial charge in [0, 0.05) is 12.6 Å². The summed E-state index contributed by atoms with van der Waals surface area (Å²) in [5.41, 5.74) is 1.69. The number of ether oxygens (including phenoxy) is 1. The summed E-state index contributed by atoms with van der Waals surface area (Å²) in [7, 11) is 0. The van der Waals surface area contributed by atoms with Crippen LogP contribution in [0.25, 0.3) is 0 Å². The SMILES string of the molecule is CC(NCC1(C2CC2)CC1)c1ccc(OC(F)F)cc1. The minimum atomic E-state index is -2.76. The molecule has 0 heterocycles. The molecule has 2 aliphatic carbocycles. The number of alkyl halides is 2. The van der Waals surface area contributed by atoms with Crippen LogP contribution < -0.4 is 10.1 Å². The Morgan fingerprint density at radius 2 is 1.90 bits per heavy atom. The third-order valence-corrected chi connectivity index (χ3v) is 4.70. The molecule has 0 amide bonds. The average Bonchev–Trinajstić information content (AvgIpc) is 3.27. The summed E-state index contributed by atoms with van der Waals surface area (Å²) >= 11 is 0. The van der Waals surface area contributed by atoms with Crippen molar-refractivity contribution in [1.29, 1.82) is 0 Å². The van der Waals surface area contributed by atoms with Gasteiger partial charge < -0.3 is 10.1 Å². The van der Waals surface area contributed by atoms with E-state index in [1.807, 2.05) is 12.1 Å². The van der Waals surface area contributed by atoms with Crippen molar-refractivity contribution in [1.82, 2.24) is 5.32 Å². The number of halogens is 2. The van der Waals surface area contributed by atoms with Gasteiger partial charge in [0.2, 0.25) is 0 Å². The Morgan fingerprint density at radius 3 is 2.40 bits per heavy atom. The van der Waals surface area contributed by atoms with E-state index in [2.05, 4.69) is 17.0 Å². The molecule has 0 radical (unpaired) electrons. The zero-order valence-electron chi connectivity index (χ0n) is 11.7. The van der Waals surface area contributed by atoms with Crippen LogP contribution in [0.4, 0.5) is 8.78 Å². The van der Waals surface area contributed by atoms with Gasteiger partial charge in [-0.05, 0) is 61.6 Å². The summed E-state index contributed by atoms with van der Waals surface area (Å²) in [6.07, 6.45) is 5.52. The molecule has 0 saturated heterocycles. The monoisotopic (exact) mass is 281 g/mol. The quantitative estimate of drug-likeness (QED) is 0.811. The molecule has 20 heavy (non-hydrogen) atoms. The second-order valence-electron chi connectivity index (χ2n) is 6.19. The zero-order valence-corrected chi connectivity index (χ0v) is 11.7. The highest BCUT2D eigenvalue weighted by molar-refractivity contribution is 5.29. The fourth-order valence-electron chi connectivity index (χ4n) is 3.00. The van der Waals surface area contributed by atoms with Crippen LogP contribution in [-0.2, 0) is 0 Å². The molecule has 2 saturated carbocycles. The Morgan fingerprint density at radius 1 is 1.25 bits per heavy atom. The van der Waals surface area contributed by atoms with E-state index in [0.29, 0.717) is 5.41 Å². The minimum Gasteiger partial charge on any atom is -0.435 e. The molecule has 0 spiro atoms. The van der Waals surface area contributed by atoms with Gasteiger partial charge in [-0.3, -0.25) is 0 Å². The van der Waals surface area contributed by atoms with Crippen molar-refractivity contribution in [2.75, 3.05) is 6.54 Å². The Balaban J connectivity index is 1.52. The second kappa shape index (κ2) is 5.32. The number of nitrogens with one attached hydrogen (secondary N) is 1. The maximum atomic E-state index is 12.1. The lowest BCUT2D eigenvalue weighted by molar-refractivity contribution is -0.0498.